The summed E-state index contributed by atoms with van der Waals surface area (Å²) in [5, 5.41) is 17.9. The highest BCUT2D eigenvalue weighted by atomic mass is 16.4. The Morgan fingerprint density at radius 3 is 2.65 bits per heavy atom. The van der Waals surface area contributed by atoms with Crippen LogP contribution >= 0.6 is 0 Å². The van der Waals surface area contributed by atoms with Crippen LogP contribution in [0.2, 0.25) is 0 Å². The molecule has 1 atom stereocenters. The first-order valence-corrected chi connectivity index (χ1v) is 8.14. The summed E-state index contributed by atoms with van der Waals surface area (Å²) >= 11 is 0. The molecule has 2 rings (SSSR count). The quantitative estimate of drug-likeness (QED) is 0.782. The average Bonchev–Trinajstić information content (AvgIpc) is 2.88. The second-order valence-corrected chi connectivity index (χ2v) is 6.73. The highest BCUT2D eigenvalue weighted by molar-refractivity contribution is 5.75. The second kappa shape index (κ2) is 7.55. The van der Waals surface area contributed by atoms with E-state index >= 15 is 0 Å². The van der Waals surface area contributed by atoms with Crippen molar-refractivity contribution in [2.75, 3.05) is 6.54 Å². The third kappa shape index (κ3) is 4.51. The summed E-state index contributed by atoms with van der Waals surface area (Å²) in [5.74, 6) is -0.717. The number of aliphatic carboxylic acids is 1. The number of hydrogen-bond acceptors (Lipinski definition) is 4. The van der Waals surface area contributed by atoms with E-state index in [1.165, 1.54) is 0 Å². The highest BCUT2D eigenvalue weighted by Gasteiger charge is 2.18. The minimum Gasteiger partial charge on any atom is -0.481 e. The van der Waals surface area contributed by atoms with Crippen LogP contribution in [-0.4, -0.2) is 32.4 Å². The zero-order valence-electron chi connectivity index (χ0n) is 14.3. The van der Waals surface area contributed by atoms with Crippen molar-refractivity contribution in [2.45, 2.75) is 46.7 Å². The van der Waals surface area contributed by atoms with Gasteiger partial charge in [-0.1, -0.05) is 13.8 Å². The van der Waals surface area contributed by atoms with E-state index in [1.807, 2.05) is 30.9 Å². The molecule has 2 aromatic heterocycles. The summed E-state index contributed by atoms with van der Waals surface area (Å²) < 4.78 is 1.90. The number of fused-ring (bicyclic) bond motifs is 1. The van der Waals surface area contributed by atoms with E-state index in [-0.39, 0.29) is 12.0 Å². The van der Waals surface area contributed by atoms with Crippen molar-refractivity contribution in [1.29, 1.82) is 0 Å². The van der Waals surface area contributed by atoms with Crippen molar-refractivity contribution < 1.29 is 9.90 Å². The number of aromatic nitrogens is 3. The summed E-state index contributed by atoms with van der Waals surface area (Å²) in [7, 11) is 0. The van der Waals surface area contributed by atoms with Crippen molar-refractivity contribution in [3.8, 4) is 0 Å². The first-order valence-electron chi connectivity index (χ1n) is 8.14. The van der Waals surface area contributed by atoms with E-state index in [1.54, 1.807) is 0 Å². The maximum atomic E-state index is 11.3. The van der Waals surface area contributed by atoms with Crippen LogP contribution in [-0.2, 0) is 11.3 Å². The normalized spacial score (nSPS) is 13.1. The molecule has 0 saturated carbocycles. The fourth-order valence-corrected chi connectivity index (χ4v) is 2.69. The molecular formula is C17H26N4O2. The Balaban J connectivity index is 1.98. The predicted octanol–water partition coefficient (Wildman–Crippen LogP) is 2.85. The van der Waals surface area contributed by atoms with Gasteiger partial charge in [0.05, 0.1) is 12.1 Å². The van der Waals surface area contributed by atoms with Crippen molar-refractivity contribution >= 4 is 17.0 Å². The Hall–Kier alpha value is -1.95. The molecular weight excluding hydrogens is 292 g/mol. The number of nitrogens with zero attached hydrogens (tertiary/aromatic N) is 3. The molecule has 0 saturated heterocycles. The number of carboxylic acid groups (broad SMARTS) is 1. The number of carbonyl (C=O) groups is 1. The van der Waals surface area contributed by atoms with Crippen molar-refractivity contribution in [1.82, 2.24) is 20.1 Å². The molecule has 6 heteroatoms. The molecule has 1 unspecified atom stereocenters. The Morgan fingerprint density at radius 1 is 1.30 bits per heavy atom. The van der Waals surface area contributed by atoms with Gasteiger partial charge in [-0.05, 0) is 37.8 Å². The van der Waals surface area contributed by atoms with Crippen LogP contribution in [0.25, 0.3) is 11.0 Å². The molecule has 0 aliphatic rings. The number of nitrogens with one attached hydrogen (secondary N) is 1. The lowest BCUT2D eigenvalue weighted by atomic mass is 9.97. The van der Waals surface area contributed by atoms with E-state index < -0.39 is 5.97 Å². The highest BCUT2D eigenvalue weighted by Crippen LogP contribution is 2.17. The lowest BCUT2D eigenvalue weighted by Gasteiger charge is -2.15. The molecule has 0 amide bonds. The summed E-state index contributed by atoms with van der Waals surface area (Å²) in [6.45, 7) is 9.31. The summed E-state index contributed by atoms with van der Waals surface area (Å²) in [5.41, 5.74) is 1.92. The van der Waals surface area contributed by atoms with Gasteiger partial charge < -0.3 is 10.4 Å². The Bertz CT molecular complexity index is 664. The molecule has 2 aromatic rings. The molecule has 2 N–H and O–H groups in total. The van der Waals surface area contributed by atoms with E-state index in [2.05, 4.69) is 35.3 Å². The van der Waals surface area contributed by atoms with E-state index in [4.69, 9.17) is 0 Å². The van der Waals surface area contributed by atoms with Crippen LogP contribution in [0, 0.1) is 11.8 Å². The SMILES string of the molecule is CC(C)CC(CNCc1cnc2c(cnn2C(C)C)c1)C(=O)O. The van der Waals surface area contributed by atoms with Gasteiger partial charge in [0.2, 0.25) is 0 Å². The minimum absolute atomic E-state index is 0.274. The first kappa shape index (κ1) is 17.4. The van der Waals surface area contributed by atoms with Crippen LogP contribution in [0.4, 0.5) is 0 Å². The zero-order chi connectivity index (χ0) is 17.0. The maximum Gasteiger partial charge on any atom is 0.307 e. The molecule has 0 aliphatic carbocycles. The van der Waals surface area contributed by atoms with Crippen LogP contribution in [0.5, 0.6) is 0 Å². The van der Waals surface area contributed by atoms with Gasteiger partial charge in [0.15, 0.2) is 5.65 Å². The molecule has 0 fully saturated rings. The third-order valence-electron chi connectivity index (χ3n) is 3.80. The van der Waals surface area contributed by atoms with Crippen LogP contribution in [0.3, 0.4) is 0 Å². The standard InChI is InChI=1S/C17H26N4O2/c1-11(2)5-15(17(22)23)9-18-7-13-6-14-10-20-21(12(3)4)16(14)19-8-13/h6,8,10-12,15,18H,5,7,9H2,1-4H3,(H,22,23). The number of hydrogen-bond donors (Lipinski definition) is 2. The third-order valence-corrected chi connectivity index (χ3v) is 3.80. The van der Waals surface area contributed by atoms with E-state index in [0.717, 1.165) is 16.6 Å². The maximum absolute atomic E-state index is 11.3. The van der Waals surface area contributed by atoms with E-state index in [9.17, 15) is 9.90 Å². The van der Waals surface area contributed by atoms with Gasteiger partial charge in [-0.2, -0.15) is 5.10 Å². The monoisotopic (exact) mass is 318 g/mol. The van der Waals surface area contributed by atoms with Crippen molar-refractivity contribution in [2.24, 2.45) is 11.8 Å². The molecule has 0 aliphatic heterocycles. The van der Waals surface area contributed by atoms with Gasteiger partial charge in [0, 0.05) is 30.7 Å². The molecule has 0 radical (unpaired) electrons. The predicted molar refractivity (Wildman–Crippen MR) is 90.2 cm³/mol. The second-order valence-electron chi connectivity index (χ2n) is 6.73. The molecule has 0 spiro atoms. The van der Waals surface area contributed by atoms with Gasteiger partial charge >= 0.3 is 5.97 Å². The summed E-state index contributed by atoms with van der Waals surface area (Å²) in [6, 6.07) is 2.33. The van der Waals surface area contributed by atoms with Gasteiger partial charge in [-0.25, -0.2) is 9.67 Å². The fourth-order valence-electron chi connectivity index (χ4n) is 2.69. The number of pyridine rings is 1. The van der Waals surface area contributed by atoms with Gasteiger partial charge in [-0.15, -0.1) is 0 Å². The smallest absolute Gasteiger partial charge is 0.307 e. The van der Waals surface area contributed by atoms with E-state index in [0.29, 0.717) is 25.4 Å². The largest absolute Gasteiger partial charge is 0.481 e. The number of rotatable bonds is 8. The fraction of sp³-hybridized carbons (Fsp3) is 0.588. The van der Waals surface area contributed by atoms with Gasteiger partial charge in [0.1, 0.15) is 0 Å². The molecule has 0 bridgehead atoms. The zero-order valence-corrected chi connectivity index (χ0v) is 14.3. The summed E-state index contributed by atoms with van der Waals surface area (Å²) in [6.07, 6.45) is 4.33. The number of carboxylic acids is 1. The van der Waals surface area contributed by atoms with Crippen LogP contribution in [0.15, 0.2) is 18.5 Å². The lowest BCUT2D eigenvalue weighted by molar-refractivity contribution is -0.142. The lowest BCUT2D eigenvalue weighted by Crippen LogP contribution is -2.29. The summed E-state index contributed by atoms with van der Waals surface area (Å²) in [4.78, 5) is 15.7. The first-order chi connectivity index (χ1) is 10.9. The van der Waals surface area contributed by atoms with Crippen molar-refractivity contribution in [3.63, 3.8) is 0 Å². The Morgan fingerprint density at radius 2 is 2.04 bits per heavy atom. The minimum atomic E-state index is -0.738. The van der Waals surface area contributed by atoms with Gasteiger partial charge in [-0.3, -0.25) is 4.79 Å². The Kier molecular flexibility index (Phi) is 5.71. The van der Waals surface area contributed by atoms with Crippen LogP contribution < -0.4 is 5.32 Å². The molecule has 2 heterocycles. The van der Waals surface area contributed by atoms with Crippen molar-refractivity contribution in [3.05, 3.63) is 24.0 Å². The molecule has 126 valence electrons. The van der Waals surface area contributed by atoms with Gasteiger partial charge in [0.25, 0.3) is 0 Å². The molecule has 23 heavy (non-hydrogen) atoms. The Labute approximate surface area is 136 Å². The topological polar surface area (TPSA) is 80.0 Å². The average molecular weight is 318 g/mol. The van der Waals surface area contributed by atoms with Crippen LogP contribution in [0.1, 0.15) is 45.7 Å². The molecule has 6 nitrogen and oxygen atoms in total. The molecule has 0 aromatic carbocycles.